The number of rotatable bonds is 5. The van der Waals surface area contributed by atoms with Gasteiger partial charge in [-0.3, -0.25) is 4.90 Å². The zero-order chi connectivity index (χ0) is 28.3. The molecule has 0 bridgehead atoms. The van der Waals surface area contributed by atoms with Gasteiger partial charge in [0, 0.05) is 28.6 Å². The van der Waals surface area contributed by atoms with Gasteiger partial charge in [-0.05, 0) is 97.9 Å². The second-order valence-corrected chi connectivity index (χ2v) is 11.7. The Bertz CT molecular complexity index is 2080. The Morgan fingerprint density at radius 2 is 1.12 bits per heavy atom. The number of hydrogen-bond acceptors (Lipinski definition) is 2. The first-order valence-corrected chi connectivity index (χ1v) is 14.6. The Kier molecular flexibility index (Phi) is 5.52. The number of anilines is 3. The monoisotopic (exact) mass is 538 g/mol. The van der Waals surface area contributed by atoms with Crippen LogP contribution in [0.25, 0.3) is 43.8 Å². The fourth-order valence-electron chi connectivity index (χ4n) is 6.68. The lowest BCUT2D eigenvalue weighted by molar-refractivity contribution is 0.663. The standard InChI is InChI=1S/C40H30N2/c1-40(2)35-15-9-12-29-16-17-30-24-32(25-36(40)39(30)38(29)35)31-20-23-37(41-26-31)42(33-13-7-4-8-14-33)34-21-18-28(19-22-34)27-10-5-3-6-11-27/h3-26H,1-2H3. The van der Waals surface area contributed by atoms with Crippen LogP contribution in [-0.4, -0.2) is 4.98 Å². The lowest BCUT2D eigenvalue weighted by atomic mass is 9.81. The summed E-state index contributed by atoms with van der Waals surface area (Å²) in [6, 6.07) is 50.0. The van der Waals surface area contributed by atoms with Crippen molar-refractivity contribution in [3.63, 3.8) is 0 Å². The molecule has 42 heavy (non-hydrogen) atoms. The highest BCUT2D eigenvalue weighted by Crippen LogP contribution is 2.50. The van der Waals surface area contributed by atoms with Crippen molar-refractivity contribution < 1.29 is 0 Å². The summed E-state index contributed by atoms with van der Waals surface area (Å²) in [4.78, 5) is 7.25. The number of pyridine rings is 1. The average molecular weight is 539 g/mol. The summed E-state index contributed by atoms with van der Waals surface area (Å²) in [6.45, 7) is 4.70. The molecule has 0 radical (unpaired) electrons. The van der Waals surface area contributed by atoms with Crippen LogP contribution in [0.3, 0.4) is 0 Å². The van der Waals surface area contributed by atoms with E-state index in [1.165, 1.54) is 49.4 Å². The number of benzene rings is 6. The van der Waals surface area contributed by atoms with E-state index in [4.69, 9.17) is 4.98 Å². The molecule has 0 spiro atoms. The fraction of sp³-hybridized carbons (Fsp3) is 0.0750. The number of nitrogens with zero attached hydrogens (tertiary/aromatic N) is 2. The van der Waals surface area contributed by atoms with E-state index in [-0.39, 0.29) is 5.41 Å². The highest BCUT2D eigenvalue weighted by atomic mass is 15.2. The Morgan fingerprint density at radius 3 is 1.86 bits per heavy atom. The van der Waals surface area contributed by atoms with Gasteiger partial charge in [0.15, 0.2) is 0 Å². The van der Waals surface area contributed by atoms with Crippen LogP contribution >= 0.6 is 0 Å². The van der Waals surface area contributed by atoms with Crippen LogP contribution in [0, 0.1) is 0 Å². The summed E-state index contributed by atoms with van der Waals surface area (Å²) < 4.78 is 0. The maximum absolute atomic E-state index is 5.03. The lowest BCUT2D eigenvalue weighted by Gasteiger charge is -2.25. The number of para-hydroxylation sites is 1. The molecule has 200 valence electrons. The molecule has 6 aromatic carbocycles. The predicted octanol–water partition coefficient (Wildman–Crippen LogP) is 10.8. The van der Waals surface area contributed by atoms with Crippen LogP contribution in [-0.2, 0) is 5.41 Å². The first-order valence-electron chi connectivity index (χ1n) is 14.6. The van der Waals surface area contributed by atoms with Gasteiger partial charge in [0.05, 0.1) is 0 Å². The summed E-state index contributed by atoms with van der Waals surface area (Å²) in [7, 11) is 0. The maximum Gasteiger partial charge on any atom is 0.137 e. The van der Waals surface area contributed by atoms with E-state index in [1.54, 1.807) is 0 Å². The molecule has 1 aliphatic carbocycles. The Morgan fingerprint density at radius 1 is 0.476 bits per heavy atom. The second kappa shape index (κ2) is 9.43. The molecule has 7 aromatic rings. The van der Waals surface area contributed by atoms with Crippen LogP contribution in [0.4, 0.5) is 17.2 Å². The summed E-state index contributed by atoms with van der Waals surface area (Å²) in [5.74, 6) is 0.886. The molecule has 0 aliphatic heterocycles. The molecule has 0 atom stereocenters. The molecule has 2 heteroatoms. The highest BCUT2D eigenvalue weighted by Gasteiger charge is 2.34. The molecule has 1 aliphatic rings. The Balaban J connectivity index is 1.19. The van der Waals surface area contributed by atoms with Crippen molar-refractivity contribution in [1.29, 1.82) is 0 Å². The summed E-state index contributed by atoms with van der Waals surface area (Å²) in [5.41, 5.74) is 9.66. The van der Waals surface area contributed by atoms with Crippen LogP contribution < -0.4 is 4.90 Å². The van der Waals surface area contributed by atoms with Crippen molar-refractivity contribution in [3.05, 3.63) is 157 Å². The zero-order valence-electron chi connectivity index (χ0n) is 23.8. The molecule has 0 unspecified atom stereocenters. The molecule has 0 N–H and O–H groups in total. The summed E-state index contributed by atoms with van der Waals surface area (Å²) in [5, 5.41) is 5.42. The van der Waals surface area contributed by atoms with Gasteiger partial charge in [-0.15, -0.1) is 0 Å². The summed E-state index contributed by atoms with van der Waals surface area (Å²) >= 11 is 0. The van der Waals surface area contributed by atoms with Crippen molar-refractivity contribution in [1.82, 2.24) is 4.98 Å². The van der Waals surface area contributed by atoms with E-state index in [1.807, 2.05) is 12.3 Å². The van der Waals surface area contributed by atoms with Crippen LogP contribution in [0.15, 0.2) is 146 Å². The van der Waals surface area contributed by atoms with Gasteiger partial charge in [0.1, 0.15) is 5.82 Å². The van der Waals surface area contributed by atoms with E-state index in [9.17, 15) is 0 Å². The number of hydrogen-bond donors (Lipinski definition) is 0. The van der Waals surface area contributed by atoms with E-state index in [0.29, 0.717) is 0 Å². The molecule has 0 saturated heterocycles. The van der Waals surface area contributed by atoms with Gasteiger partial charge in [-0.2, -0.15) is 0 Å². The normalized spacial score (nSPS) is 13.2. The van der Waals surface area contributed by atoms with Gasteiger partial charge in [0.2, 0.25) is 0 Å². The van der Waals surface area contributed by atoms with Crippen LogP contribution in [0.5, 0.6) is 0 Å². The molecular weight excluding hydrogens is 508 g/mol. The van der Waals surface area contributed by atoms with Gasteiger partial charge in [-0.25, -0.2) is 4.98 Å². The van der Waals surface area contributed by atoms with Crippen molar-refractivity contribution in [2.24, 2.45) is 0 Å². The molecule has 1 heterocycles. The predicted molar refractivity (Wildman–Crippen MR) is 177 cm³/mol. The highest BCUT2D eigenvalue weighted by molar-refractivity contribution is 6.15. The third-order valence-corrected chi connectivity index (χ3v) is 8.86. The van der Waals surface area contributed by atoms with Gasteiger partial charge >= 0.3 is 0 Å². The third kappa shape index (κ3) is 3.83. The average Bonchev–Trinajstić information content (AvgIpc) is 3.29. The van der Waals surface area contributed by atoms with E-state index >= 15 is 0 Å². The van der Waals surface area contributed by atoms with Gasteiger partial charge in [-0.1, -0.05) is 105 Å². The number of aromatic nitrogens is 1. The Hall–Kier alpha value is -5.21. The lowest BCUT2D eigenvalue weighted by Crippen LogP contribution is -2.15. The quantitative estimate of drug-likeness (QED) is 0.203. The second-order valence-electron chi connectivity index (χ2n) is 11.7. The van der Waals surface area contributed by atoms with E-state index < -0.39 is 0 Å². The molecule has 2 nitrogen and oxygen atoms in total. The van der Waals surface area contributed by atoms with Crippen molar-refractivity contribution in [2.75, 3.05) is 4.90 Å². The van der Waals surface area contributed by atoms with Crippen LogP contribution in [0.1, 0.15) is 25.0 Å². The first-order chi connectivity index (χ1) is 20.6. The molecule has 0 saturated carbocycles. The van der Waals surface area contributed by atoms with Crippen molar-refractivity contribution >= 4 is 38.7 Å². The molecule has 8 rings (SSSR count). The smallest absolute Gasteiger partial charge is 0.137 e. The van der Waals surface area contributed by atoms with E-state index in [2.05, 4.69) is 152 Å². The van der Waals surface area contributed by atoms with Crippen molar-refractivity contribution in [3.8, 4) is 22.3 Å². The topological polar surface area (TPSA) is 16.1 Å². The molecule has 0 fully saturated rings. The molecule has 0 amide bonds. The third-order valence-electron chi connectivity index (χ3n) is 8.86. The minimum absolute atomic E-state index is 0.0408. The zero-order valence-corrected chi connectivity index (χ0v) is 23.8. The Labute approximate surface area is 246 Å². The van der Waals surface area contributed by atoms with Gasteiger partial charge in [0.25, 0.3) is 0 Å². The maximum atomic E-state index is 5.03. The van der Waals surface area contributed by atoms with Gasteiger partial charge < -0.3 is 0 Å². The summed E-state index contributed by atoms with van der Waals surface area (Å²) in [6.07, 6.45) is 2.02. The first kappa shape index (κ1) is 24.6. The molecular formula is C40H30N2. The van der Waals surface area contributed by atoms with Crippen LogP contribution in [0.2, 0.25) is 0 Å². The minimum atomic E-state index is -0.0408. The SMILES string of the molecule is CC1(C)c2cccc3ccc4cc(-c5ccc(N(c6ccccc6)c6ccc(-c7ccccc7)cc6)nc5)cc1c4c23. The van der Waals surface area contributed by atoms with Crippen molar-refractivity contribution in [2.45, 2.75) is 19.3 Å². The van der Waals surface area contributed by atoms with E-state index in [0.717, 1.165) is 22.8 Å². The fourth-order valence-corrected chi connectivity index (χ4v) is 6.68. The minimum Gasteiger partial charge on any atom is -0.295 e. The molecule has 1 aromatic heterocycles. The largest absolute Gasteiger partial charge is 0.295 e.